The molecule has 0 fully saturated rings. The molecule has 0 saturated carbocycles. The van der Waals surface area contributed by atoms with Crippen LogP contribution in [0.1, 0.15) is 12.5 Å². The zero-order chi connectivity index (χ0) is 11.4. The van der Waals surface area contributed by atoms with Gasteiger partial charge in [0.25, 0.3) is 0 Å². The van der Waals surface area contributed by atoms with Crippen molar-refractivity contribution in [2.45, 2.75) is 6.92 Å². The van der Waals surface area contributed by atoms with E-state index < -0.39 is 5.97 Å². The Morgan fingerprint density at radius 1 is 1.25 bits per heavy atom. The quantitative estimate of drug-likeness (QED) is 0.559. The van der Waals surface area contributed by atoms with Crippen LogP contribution < -0.4 is 0 Å². The van der Waals surface area contributed by atoms with E-state index in [1.54, 1.807) is 19.1 Å². The number of cyclic esters (lactones) is 1. The van der Waals surface area contributed by atoms with Gasteiger partial charge in [-0.1, -0.05) is 42.5 Å². The van der Waals surface area contributed by atoms with E-state index in [4.69, 9.17) is 4.74 Å². The van der Waals surface area contributed by atoms with Crippen LogP contribution in [0.4, 0.5) is 0 Å². The second-order valence-corrected chi connectivity index (χ2v) is 3.34. The third kappa shape index (κ3) is 2.45. The molecule has 0 N–H and O–H groups in total. The summed E-state index contributed by atoms with van der Waals surface area (Å²) in [5.74, 6) is -0.000396. The molecule has 1 aromatic rings. The van der Waals surface area contributed by atoms with Crippen molar-refractivity contribution in [1.29, 1.82) is 0 Å². The zero-order valence-electron chi connectivity index (χ0n) is 8.88. The van der Waals surface area contributed by atoms with E-state index in [0.29, 0.717) is 11.6 Å². The van der Waals surface area contributed by atoms with Crippen LogP contribution in [-0.2, 0) is 9.53 Å². The lowest BCUT2D eigenvalue weighted by molar-refractivity contribution is -0.130. The Morgan fingerprint density at radius 3 is 2.62 bits per heavy atom. The summed E-state index contributed by atoms with van der Waals surface area (Å²) in [5.41, 5.74) is 1.41. The van der Waals surface area contributed by atoms with E-state index in [2.05, 4.69) is 4.99 Å². The fraction of sp³-hybridized carbons (Fsp3) is 0.0769. The number of benzene rings is 1. The maximum Gasteiger partial charge on any atom is 0.363 e. The maximum absolute atomic E-state index is 11.2. The summed E-state index contributed by atoms with van der Waals surface area (Å²) in [5, 5.41) is 0. The van der Waals surface area contributed by atoms with Gasteiger partial charge in [0.2, 0.25) is 0 Å². The molecule has 80 valence electrons. The summed E-state index contributed by atoms with van der Waals surface area (Å²) in [7, 11) is 0. The number of hydrogen-bond acceptors (Lipinski definition) is 3. The van der Waals surface area contributed by atoms with Gasteiger partial charge in [-0.15, -0.1) is 0 Å². The average Bonchev–Trinajstić information content (AvgIpc) is 2.59. The summed E-state index contributed by atoms with van der Waals surface area (Å²) >= 11 is 0. The Morgan fingerprint density at radius 2 is 2.00 bits per heavy atom. The lowest BCUT2D eigenvalue weighted by Gasteiger charge is -1.89. The smallest absolute Gasteiger partial charge is 0.363 e. The predicted molar refractivity (Wildman–Crippen MR) is 62.8 cm³/mol. The van der Waals surface area contributed by atoms with Crippen LogP contribution in [0.15, 0.2) is 53.2 Å². The standard InChI is InChI=1S/C13H11NO2/c1-10-14-12(13(15)16-10)9-5-8-11-6-3-2-4-7-11/h2-9H,1H3. The molecule has 0 radical (unpaired) electrons. The molecule has 0 atom stereocenters. The first-order chi connectivity index (χ1) is 7.75. The molecule has 0 saturated heterocycles. The second kappa shape index (κ2) is 4.57. The van der Waals surface area contributed by atoms with E-state index in [9.17, 15) is 4.79 Å². The number of carbonyl (C=O) groups is 1. The van der Waals surface area contributed by atoms with Crippen molar-refractivity contribution in [1.82, 2.24) is 0 Å². The lowest BCUT2D eigenvalue weighted by atomic mass is 10.2. The molecular weight excluding hydrogens is 202 g/mol. The molecule has 1 aliphatic rings. The van der Waals surface area contributed by atoms with E-state index in [1.807, 2.05) is 36.4 Å². The van der Waals surface area contributed by atoms with Gasteiger partial charge in [0, 0.05) is 6.92 Å². The topological polar surface area (TPSA) is 38.7 Å². The van der Waals surface area contributed by atoms with Gasteiger partial charge in [0.15, 0.2) is 11.6 Å². The molecule has 0 spiro atoms. The van der Waals surface area contributed by atoms with Crippen molar-refractivity contribution >= 4 is 17.9 Å². The van der Waals surface area contributed by atoms with Crippen molar-refractivity contribution in [3.63, 3.8) is 0 Å². The minimum atomic E-state index is -0.393. The summed E-state index contributed by atoms with van der Waals surface area (Å²) in [6.45, 7) is 1.65. The molecule has 0 aliphatic carbocycles. The van der Waals surface area contributed by atoms with Crippen molar-refractivity contribution in [2.75, 3.05) is 0 Å². The summed E-state index contributed by atoms with van der Waals surface area (Å²) in [6, 6.07) is 9.84. The monoisotopic (exact) mass is 213 g/mol. The fourth-order valence-corrected chi connectivity index (χ4v) is 1.34. The maximum atomic E-state index is 11.2. The first kappa shape index (κ1) is 10.4. The summed E-state index contributed by atoms with van der Waals surface area (Å²) < 4.78 is 4.79. The lowest BCUT2D eigenvalue weighted by Crippen LogP contribution is -1.99. The van der Waals surface area contributed by atoms with Crippen LogP contribution >= 0.6 is 0 Å². The molecule has 1 aromatic carbocycles. The fourth-order valence-electron chi connectivity index (χ4n) is 1.34. The SMILES string of the molecule is CC1=NC(=CC=Cc2ccccc2)C(=O)O1. The normalized spacial score (nSPS) is 17.9. The Labute approximate surface area is 93.8 Å². The molecule has 1 aliphatic heterocycles. The summed E-state index contributed by atoms with van der Waals surface area (Å²) in [4.78, 5) is 15.1. The van der Waals surface area contributed by atoms with Crippen LogP contribution in [0.25, 0.3) is 6.08 Å². The minimum Gasteiger partial charge on any atom is -0.407 e. The number of hydrogen-bond donors (Lipinski definition) is 0. The highest BCUT2D eigenvalue weighted by atomic mass is 16.6. The van der Waals surface area contributed by atoms with Gasteiger partial charge in [-0.05, 0) is 11.6 Å². The highest BCUT2D eigenvalue weighted by Gasteiger charge is 2.18. The molecular formula is C13H11NO2. The molecule has 1 heterocycles. The minimum absolute atomic E-state index is 0.338. The number of esters is 1. The molecule has 16 heavy (non-hydrogen) atoms. The first-order valence-corrected chi connectivity index (χ1v) is 4.96. The molecule has 0 aromatic heterocycles. The number of nitrogens with zero attached hydrogens (tertiary/aromatic N) is 1. The first-order valence-electron chi connectivity index (χ1n) is 4.96. The molecule has 3 heteroatoms. The van der Waals surface area contributed by atoms with Gasteiger partial charge in [0.1, 0.15) is 0 Å². The molecule has 0 amide bonds. The van der Waals surface area contributed by atoms with Gasteiger partial charge < -0.3 is 4.74 Å². The molecule has 3 nitrogen and oxygen atoms in total. The Kier molecular flexibility index (Phi) is 2.96. The number of aliphatic imine (C=N–C) groups is 1. The molecule has 2 rings (SSSR count). The summed E-state index contributed by atoms with van der Waals surface area (Å²) in [6.07, 6.45) is 5.34. The van der Waals surface area contributed by atoms with Crippen LogP contribution in [0.5, 0.6) is 0 Å². The van der Waals surface area contributed by atoms with Crippen LogP contribution in [0.3, 0.4) is 0 Å². The molecule has 0 unspecified atom stereocenters. The zero-order valence-corrected chi connectivity index (χ0v) is 8.88. The van der Waals surface area contributed by atoms with Gasteiger partial charge in [-0.3, -0.25) is 0 Å². The number of rotatable bonds is 2. The second-order valence-electron chi connectivity index (χ2n) is 3.34. The number of carbonyl (C=O) groups excluding carboxylic acids is 1. The van der Waals surface area contributed by atoms with E-state index >= 15 is 0 Å². The van der Waals surface area contributed by atoms with E-state index in [-0.39, 0.29) is 0 Å². The Bertz CT molecular complexity index is 484. The predicted octanol–water partition coefficient (Wildman–Crippen LogP) is 2.56. The number of ether oxygens (including phenoxy) is 1. The molecule has 0 bridgehead atoms. The third-order valence-electron chi connectivity index (χ3n) is 2.07. The number of allylic oxidation sites excluding steroid dienone is 2. The van der Waals surface area contributed by atoms with Gasteiger partial charge in [0.05, 0.1) is 0 Å². The highest BCUT2D eigenvalue weighted by Crippen LogP contribution is 2.10. The van der Waals surface area contributed by atoms with Crippen molar-refractivity contribution in [3.8, 4) is 0 Å². The van der Waals surface area contributed by atoms with Gasteiger partial charge >= 0.3 is 5.97 Å². The van der Waals surface area contributed by atoms with Crippen molar-refractivity contribution < 1.29 is 9.53 Å². The van der Waals surface area contributed by atoms with E-state index in [1.165, 1.54) is 0 Å². The van der Waals surface area contributed by atoms with Crippen LogP contribution in [0, 0.1) is 0 Å². The highest BCUT2D eigenvalue weighted by molar-refractivity contribution is 6.03. The van der Waals surface area contributed by atoms with Crippen molar-refractivity contribution in [3.05, 3.63) is 53.7 Å². The van der Waals surface area contributed by atoms with Gasteiger partial charge in [-0.2, -0.15) is 0 Å². The average molecular weight is 213 g/mol. The van der Waals surface area contributed by atoms with Crippen LogP contribution in [-0.4, -0.2) is 11.9 Å². The van der Waals surface area contributed by atoms with E-state index in [0.717, 1.165) is 5.56 Å². The third-order valence-corrected chi connectivity index (χ3v) is 2.07. The van der Waals surface area contributed by atoms with Crippen molar-refractivity contribution in [2.24, 2.45) is 4.99 Å². The van der Waals surface area contributed by atoms with Gasteiger partial charge in [-0.25, -0.2) is 9.79 Å². The van der Waals surface area contributed by atoms with Crippen LogP contribution in [0.2, 0.25) is 0 Å². The Hall–Kier alpha value is -2.16. The Balaban J connectivity index is 2.10. The largest absolute Gasteiger partial charge is 0.407 e.